The molecule has 2 aromatic heterocycles. The first-order chi connectivity index (χ1) is 11.0. The van der Waals surface area contributed by atoms with E-state index in [0.29, 0.717) is 18.7 Å². The zero-order valence-corrected chi connectivity index (χ0v) is 13.8. The molecule has 1 aliphatic rings. The van der Waals surface area contributed by atoms with Crippen LogP contribution >= 0.6 is 0 Å². The van der Waals surface area contributed by atoms with E-state index in [1.807, 2.05) is 37.6 Å². The first-order valence-electron chi connectivity index (χ1n) is 7.86. The van der Waals surface area contributed by atoms with Crippen LogP contribution in [0.15, 0.2) is 16.7 Å². The number of rotatable bonds is 4. The average Bonchev–Trinajstić information content (AvgIpc) is 3.15. The molecule has 3 heterocycles. The molecule has 0 spiro atoms. The van der Waals surface area contributed by atoms with E-state index in [0.717, 1.165) is 35.8 Å². The number of hydrogen-bond donors (Lipinski definition) is 1. The highest BCUT2D eigenvalue weighted by Gasteiger charge is 2.32. The van der Waals surface area contributed by atoms with E-state index >= 15 is 0 Å². The Morgan fingerprint density at radius 2 is 2.17 bits per heavy atom. The number of nitriles is 1. The second kappa shape index (κ2) is 6.19. The summed E-state index contributed by atoms with van der Waals surface area (Å²) < 4.78 is 7.18. The summed E-state index contributed by atoms with van der Waals surface area (Å²) in [6.45, 7) is 6.14. The zero-order valence-electron chi connectivity index (χ0n) is 13.8. The number of aliphatic hydroxyl groups is 1. The van der Waals surface area contributed by atoms with Crippen LogP contribution in [0.2, 0.25) is 0 Å². The maximum atomic E-state index is 10.3. The van der Waals surface area contributed by atoms with Crippen molar-refractivity contribution in [1.29, 1.82) is 5.26 Å². The number of hydrogen-bond acceptors (Lipinski definition) is 5. The third kappa shape index (κ3) is 3.16. The molecule has 23 heavy (non-hydrogen) atoms. The lowest BCUT2D eigenvalue weighted by Crippen LogP contribution is -2.21. The first kappa shape index (κ1) is 15.8. The summed E-state index contributed by atoms with van der Waals surface area (Å²) >= 11 is 0. The van der Waals surface area contributed by atoms with Gasteiger partial charge in [-0.1, -0.05) is 5.16 Å². The third-order valence-electron chi connectivity index (χ3n) is 4.77. The van der Waals surface area contributed by atoms with E-state index in [1.54, 1.807) is 0 Å². The molecule has 1 N–H and O–H groups in total. The Hall–Kier alpha value is -2.10. The number of aryl methyl sites for hydroxylation is 1. The van der Waals surface area contributed by atoms with Gasteiger partial charge in [-0.05, 0) is 25.5 Å². The predicted octanol–water partition coefficient (Wildman–Crippen LogP) is 1.54. The van der Waals surface area contributed by atoms with Gasteiger partial charge in [-0.25, -0.2) is 0 Å². The summed E-state index contributed by atoms with van der Waals surface area (Å²) in [4.78, 5) is 2.24. The van der Waals surface area contributed by atoms with Gasteiger partial charge in [-0.15, -0.1) is 0 Å². The van der Waals surface area contributed by atoms with Crippen molar-refractivity contribution in [3.63, 3.8) is 0 Å². The zero-order chi connectivity index (χ0) is 16.6. The molecular weight excluding hydrogens is 292 g/mol. The Morgan fingerprint density at radius 3 is 2.78 bits per heavy atom. The van der Waals surface area contributed by atoms with Gasteiger partial charge >= 0.3 is 0 Å². The predicted molar refractivity (Wildman–Crippen MR) is 84.6 cm³/mol. The fourth-order valence-corrected chi connectivity index (χ4v) is 3.31. The fourth-order valence-electron chi connectivity index (χ4n) is 3.31. The van der Waals surface area contributed by atoms with Crippen molar-refractivity contribution >= 4 is 0 Å². The largest absolute Gasteiger partial charge is 0.391 e. The van der Waals surface area contributed by atoms with E-state index in [1.165, 1.54) is 0 Å². The Bertz CT molecular complexity index is 740. The highest BCUT2D eigenvalue weighted by molar-refractivity contribution is 5.34. The van der Waals surface area contributed by atoms with E-state index in [2.05, 4.69) is 16.1 Å². The van der Waals surface area contributed by atoms with E-state index in [4.69, 9.17) is 9.78 Å². The lowest BCUT2D eigenvalue weighted by atomic mass is 10.0. The van der Waals surface area contributed by atoms with Gasteiger partial charge < -0.3 is 14.2 Å². The molecule has 122 valence electrons. The van der Waals surface area contributed by atoms with E-state index in [9.17, 15) is 5.11 Å². The molecular formula is C17H22N4O2. The number of aromatic nitrogens is 2. The smallest absolute Gasteiger partial charge is 0.137 e. The SMILES string of the molecule is Cc1cc(C[C@@H]2CN(Cc3cc(C#N)n(C)c3C)C[C@@H]2O)on1. The maximum absolute atomic E-state index is 10.3. The highest BCUT2D eigenvalue weighted by atomic mass is 16.5. The molecule has 0 radical (unpaired) electrons. The minimum Gasteiger partial charge on any atom is -0.391 e. The topological polar surface area (TPSA) is 78.2 Å². The van der Waals surface area contributed by atoms with Gasteiger partial charge in [0.15, 0.2) is 0 Å². The number of aliphatic hydroxyl groups excluding tert-OH is 1. The Labute approximate surface area is 135 Å². The lowest BCUT2D eigenvalue weighted by molar-refractivity contribution is 0.137. The number of nitrogens with zero attached hydrogens (tertiary/aromatic N) is 4. The quantitative estimate of drug-likeness (QED) is 0.926. The Balaban J connectivity index is 1.66. The molecule has 1 saturated heterocycles. The van der Waals surface area contributed by atoms with E-state index in [-0.39, 0.29) is 12.0 Å². The van der Waals surface area contributed by atoms with Gasteiger partial charge in [-0.3, -0.25) is 4.90 Å². The van der Waals surface area contributed by atoms with Crippen LogP contribution in [0.4, 0.5) is 0 Å². The second-order valence-electron chi connectivity index (χ2n) is 6.47. The lowest BCUT2D eigenvalue weighted by Gasteiger charge is -2.15. The molecule has 0 aliphatic carbocycles. The fraction of sp³-hybridized carbons (Fsp3) is 0.529. The first-order valence-corrected chi connectivity index (χ1v) is 7.86. The van der Waals surface area contributed by atoms with Crippen LogP contribution in [-0.2, 0) is 20.0 Å². The third-order valence-corrected chi connectivity index (χ3v) is 4.77. The molecule has 0 amide bonds. The van der Waals surface area contributed by atoms with Gasteiger partial charge in [0.05, 0.1) is 11.8 Å². The maximum Gasteiger partial charge on any atom is 0.137 e. The summed E-state index contributed by atoms with van der Waals surface area (Å²) in [6, 6.07) is 6.08. The van der Waals surface area contributed by atoms with Gasteiger partial charge in [0.25, 0.3) is 0 Å². The van der Waals surface area contributed by atoms with Crippen LogP contribution in [0, 0.1) is 31.1 Å². The molecule has 0 aromatic carbocycles. The van der Waals surface area contributed by atoms with Gasteiger partial charge in [0.1, 0.15) is 17.5 Å². The van der Waals surface area contributed by atoms with Crippen molar-refractivity contribution in [3.05, 3.63) is 40.5 Å². The Kier molecular flexibility index (Phi) is 4.24. The summed E-state index contributed by atoms with van der Waals surface area (Å²) in [5, 5.41) is 23.3. The normalized spacial score (nSPS) is 21.7. The molecule has 6 nitrogen and oxygen atoms in total. The number of likely N-dealkylation sites (tertiary alicyclic amines) is 1. The number of β-amino-alcohol motifs (C(OH)–C–C–N with tert-alkyl or cyclic N) is 1. The van der Waals surface area contributed by atoms with Crippen LogP contribution in [0.5, 0.6) is 0 Å². The molecule has 2 aromatic rings. The standard InChI is InChI=1S/C17H22N4O2/c1-11-4-16(23-19-11)6-14-9-21(10-17(14)22)8-13-5-15(7-18)20(3)12(13)2/h4-5,14,17,22H,6,8-10H2,1-3H3/t14-,17+/m1/s1. The molecule has 0 saturated carbocycles. The molecule has 6 heteroatoms. The monoisotopic (exact) mass is 314 g/mol. The van der Waals surface area contributed by atoms with Crippen molar-refractivity contribution in [2.45, 2.75) is 32.9 Å². The highest BCUT2D eigenvalue weighted by Crippen LogP contribution is 2.25. The molecule has 1 fully saturated rings. The van der Waals surface area contributed by atoms with Crippen LogP contribution < -0.4 is 0 Å². The van der Waals surface area contributed by atoms with Crippen LogP contribution in [0.3, 0.4) is 0 Å². The van der Waals surface area contributed by atoms with Gasteiger partial charge in [0, 0.05) is 50.8 Å². The van der Waals surface area contributed by atoms with Crippen molar-refractivity contribution in [2.75, 3.05) is 13.1 Å². The molecule has 1 aliphatic heterocycles. The van der Waals surface area contributed by atoms with Crippen molar-refractivity contribution in [2.24, 2.45) is 13.0 Å². The van der Waals surface area contributed by atoms with E-state index < -0.39 is 0 Å². The van der Waals surface area contributed by atoms with Crippen molar-refractivity contribution in [1.82, 2.24) is 14.6 Å². The molecule has 2 atom stereocenters. The molecule has 3 rings (SSSR count). The Morgan fingerprint density at radius 1 is 1.39 bits per heavy atom. The van der Waals surface area contributed by atoms with Crippen LogP contribution in [-0.4, -0.2) is 38.9 Å². The minimum atomic E-state index is -0.361. The van der Waals surface area contributed by atoms with Crippen LogP contribution in [0.1, 0.15) is 28.4 Å². The summed E-state index contributed by atoms with van der Waals surface area (Å²) in [5.74, 6) is 0.984. The van der Waals surface area contributed by atoms with Crippen molar-refractivity contribution in [3.8, 4) is 6.07 Å². The summed E-state index contributed by atoms with van der Waals surface area (Å²) in [5.41, 5.74) is 3.79. The van der Waals surface area contributed by atoms with Gasteiger partial charge in [-0.2, -0.15) is 5.26 Å². The minimum absolute atomic E-state index is 0.154. The van der Waals surface area contributed by atoms with Crippen molar-refractivity contribution < 1.29 is 9.63 Å². The van der Waals surface area contributed by atoms with Crippen LogP contribution in [0.25, 0.3) is 0 Å². The molecule has 0 bridgehead atoms. The second-order valence-corrected chi connectivity index (χ2v) is 6.47. The summed E-state index contributed by atoms with van der Waals surface area (Å²) in [6.07, 6.45) is 0.343. The molecule has 0 unspecified atom stereocenters. The van der Waals surface area contributed by atoms with Gasteiger partial charge in [0.2, 0.25) is 0 Å². The summed E-state index contributed by atoms with van der Waals surface area (Å²) in [7, 11) is 1.91. The average molecular weight is 314 g/mol.